The third kappa shape index (κ3) is 4.89. The maximum atomic E-state index is 12.0. The van der Waals surface area contributed by atoms with Crippen LogP contribution in [-0.2, 0) is 14.6 Å². The van der Waals surface area contributed by atoms with E-state index in [4.69, 9.17) is 17.3 Å². The zero-order chi connectivity index (χ0) is 15.5. The molecule has 7 heteroatoms. The summed E-state index contributed by atoms with van der Waals surface area (Å²) in [7, 11) is -3.39. The zero-order valence-electron chi connectivity index (χ0n) is 11.6. The molecule has 0 atom stereocenters. The summed E-state index contributed by atoms with van der Waals surface area (Å²) in [5.74, 6) is -0.820. The van der Waals surface area contributed by atoms with E-state index >= 15 is 0 Å². The number of carbonyl (C=O) groups is 1. The van der Waals surface area contributed by atoms with Crippen molar-refractivity contribution >= 4 is 38.7 Å². The Kier molecular flexibility index (Phi) is 5.11. The third-order valence-corrected chi connectivity index (χ3v) is 5.59. The first-order valence-electron chi connectivity index (χ1n) is 6.91. The van der Waals surface area contributed by atoms with Crippen molar-refractivity contribution in [2.75, 3.05) is 22.6 Å². The van der Waals surface area contributed by atoms with Gasteiger partial charge in [0.05, 0.1) is 16.5 Å². The lowest BCUT2D eigenvalue weighted by atomic mass is 10.1. The van der Waals surface area contributed by atoms with E-state index in [1.54, 1.807) is 12.1 Å². The topological polar surface area (TPSA) is 89.3 Å². The van der Waals surface area contributed by atoms with Crippen LogP contribution in [-0.4, -0.2) is 25.8 Å². The van der Waals surface area contributed by atoms with Gasteiger partial charge in [-0.1, -0.05) is 24.4 Å². The van der Waals surface area contributed by atoms with Crippen LogP contribution in [0.5, 0.6) is 0 Å². The maximum absolute atomic E-state index is 12.0. The van der Waals surface area contributed by atoms with Gasteiger partial charge in [-0.2, -0.15) is 0 Å². The lowest BCUT2D eigenvalue weighted by Crippen LogP contribution is -2.27. The molecule has 1 saturated carbocycles. The molecule has 1 aromatic rings. The van der Waals surface area contributed by atoms with Gasteiger partial charge in [0.2, 0.25) is 5.91 Å². The Labute approximate surface area is 129 Å². The molecule has 0 spiro atoms. The fourth-order valence-electron chi connectivity index (χ4n) is 2.62. The van der Waals surface area contributed by atoms with Crippen LogP contribution < -0.4 is 11.1 Å². The van der Waals surface area contributed by atoms with Crippen LogP contribution in [0.15, 0.2) is 18.2 Å². The SMILES string of the molecule is Nc1ccc(Cl)c(NC(=O)CS(=O)(=O)CC2CCCC2)c1. The molecule has 3 N–H and O–H groups in total. The minimum absolute atomic E-state index is 0.0884. The van der Waals surface area contributed by atoms with Crippen molar-refractivity contribution in [2.24, 2.45) is 5.92 Å². The van der Waals surface area contributed by atoms with E-state index in [-0.39, 0.29) is 11.7 Å². The van der Waals surface area contributed by atoms with Gasteiger partial charge in [0.1, 0.15) is 5.75 Å². The Bertz CT molecular complexity index is 625. The van der Waals surface area contributed by atoms with Gasteiger partial charge in [0, 0.05) is 5.69 Å². The van der Waals surface area contributed by atoms with Gasteiger partial charge in [0.25, 0.3) is 0 Å². The van der Waals surface area contributed by atoms with Gasteiger partial charge in [-0.3, -0.25) is 4.79 Å². The molecule has 2 rings (SSSR count). The molecule has 0 bridgehead atoms. The second-order valence-corrected chi connectivity index (χ2v) is 8.01. The standard InChI is InChI=1S/C14H19ClN2O3S/c15-12-6-5-11(16)7-13(12)17-14(18)9-21(19,20)8-10-3-1-2-4-10/h5-7,10H,1-4,8-9,16H2,(H,17,18). The molecule has 1 fully saturated rings. The van der Waals surface area contributed by atoms with Crippen LogP contribution in [0.1, 0.15) is 25.7 Å². The Hall–Kier alpha value is -1.27. The Morgan fingerprint density at radius 2 is 2.00 bits per heavy atom. The van der Waals surface area contributed by atoms with Crippen molar-refractivity contribution < 1.29 is 13.2 Å². The molecule has 0 heterocycles. The van der Waals surface area contributed by atoms with E-state index in [0.29, 0.717) is 16.4 Å². The fourth-order valence-corrected chi connectivity index (χ4v) is 4.43. The predicted molar refractivity (Wildman–Crippen MR) is 85.1 cm³/mol. The minimum atomic E-state index is -3.39. The molecule has 0 aliphatic heterocycles. The summed E-state index contributed by atoms with van der Waals surface area (Å²) in [6.07, 6.45) is 4.01. The fraction of sp³-hybridized carbons (Fsp3) is 0.500. The number of carbonyl (C=O) groups excluding carboxylic acids is 1. The van der Waals surface area contributed by atoms with Crippen molar-refractivity contribution in [3.05, 3.63) is 23.2 Å². The number of hydrogen-bond acceptors (Lipinski definition) is 4. The summed E-state index contributed by atoms with van der Waals surface area (Å²) in [5.41, 5.74) is 6.39. The highest BCUT2D eigenvalue weighted by molar-refractivity contribution is 7.92. The number of rotatable bonds is 5. The molecule has 1 aliphatic rings. The Morgan fingerprint density at radius 3 is 2.67 bits per heavy atom. The van der Waals surface area contributed by atoms with Crippen LogP contribution in [0.25, 0.3) is 0 Å². The third-order valence-electron chi connectivity index (χ3n) is 3.58. The first kappa shape index (κ1) is 16.1. The summed E-state index contributed by atoms with van der Waals surface area (Å²) >= 11 is 5.93. The molecule has 0 aromatic heterocycles. The van der Waals surface area contributed by atoms with E-state index in [2.05, 4.69) is 5.32 Å². The molecule has 0 saturated heterocycles. The van der Waals surface area contributed by atoms with Gasteiger partial charge in [-0.15, -0.1) is 0 Å². The quantitative estimate of drug-likeness (QED) is 0.811. The second-order valence-electron chi connectivity index (χ2n) is 5.49. The molecule has 1 aliphatic carbocycles. The van der Waals surface area contributed by atoms with Crippen LogP contribution >= 0.6 is 11.6 Å². The lowest BCUT2D eigenvalue weighted by Gasteiger charge is -2.11. The van der Waals surface area contributed by atoms with Gasteiger partial charge in [-0.05, 0) is 37.0 Å². The van der Waals surface area contributed by atoms with Gasteiger partial charge >= 0.3 is 0 Å². The van der Waals surface area contributed by atoms with Gasteiger partial charge in [-0.25, -0.2) is 8.42 Å². The molecule has 1 amide bonds. The normalized spacial score (nSPS) is 16.0. The molecule has 0 radical (unpaired) electrons. The maximum Gasteiger partial charge on any atom is 0.239 e. The monoisotopic (exact) mass is 330 g/mol. The van der Waals surface area contributed by atoms with Crippen LogP contribution in [0.4, 0.5) is 11.4 Å². The molecular weight excluding hydrogens is 312 g/mol. The number of amides is 1. The lowest BCUT2D eigenvalue weighted by molar-refractivity contribution is -0.113. The highest BCUT2D eigenvalue weighted by Crippen LogP contribution is 2.27. The number of hydrogen-bond donors (Lipinski definition) is 2. The summed E-state index contributed by atoms with van der Waals surface area (Å²) < 4.78 is 24.0. The minimum Gasteiger partial charge on any atom is -0.399 e. The first-order chi connectivity index (χ1) is 9.85. The smallest absolute Gasteiger partial charge is 0.239 e. The number of nitrogens with one attached hydrogen (secondary N) is 1. The first-order valence-corrected chi connectivity index (χ1v) is 9.11. The largest absolute Gasteiger partial charge is 0.399 e. The second kappa shape index (κ2) is 6.66. The number of anilines is 2. The number of halogens is 1. The molecule has 5 nitrogen and oxygen atoms in total. The van der Waals surface area contributed by atoms with Crippen molar-refractivity contribution in [3.8, 4) is 0 Å². The number of benzene rings is 1. The number of sulfone groups is 1. The summed E-state index contributed by atoms with van der Waals surface area (Å²) in [6.45, 7) is 0. The summed E-state index contributed by atoms with van der Waals surface area (Å²) in [5, 5.41) is 2.83. The van der Waals surface area contributed by atoms with E-state index < -0.39 is 21.5 Å². The van der Waals surface area contributed by atoms with Crippen LogP contribution in [0.2, 0.25) is 5.02 Å². The van der Waals surface area contributed by atoms with Crippen molar-refractivity contribution in [2.45, 2.75) is 25.7 Å². The predicted octanol–water partition coefficient (Wildman–Crippen LogP) is 2.47. The molecular formula is C14H19ClN2O3S. The van der Waals surface area contributed by atoms with Crippen molar-refractivity contribution in [3.63, 3.8) is 0 Å². The highest BCUT2D eigenvalue weighted by atomic mass is 35.5. The highest BCUT2D eigenvalue weighted by Gasteiger charge is 2.25. The number of nitrogen functional groups attached to an aromatic ring is 1. The van der Waals surface area contributed by atoms with E-state index in [1.807, 2.05) is 0 Å². The summed E-state index contributed by atoms with van der Waals surface area (Å²) in [6, 6.07) is 4.66. The summed E-state index contributed by atoms with van der Waals surface area (Å²) in [4.78, 5) is 11.9. The van der Waals surface area contributed by atoms with E-state index in [0.717, 1.165) is 25.7 Å². The molecule has 0 unspecified atom stereocenters. The Balaban J connectivity index is 1.95. The van der Waals surface area contributed by atoms with Crippen molar-refractivity contribution in [1.29, 1.82) is 0 Å². The molecule has 1 aromatic carbocycles. The van der Waals surface area contributed by atoms with Crippen LogP contribution in [0, 0.1) is 5.92 Å². The van der Waals surface area contributed by atoms with E-state index in [1.165, 1.54) is 6.07 Å². The van der Waals surface area contributed by atoms with Gasteiger partial charge < -0.3 is 11.1 Å². The van der Waals surface area contributed by atoms with Crippen molar-refractivity contribution in [1.82, 2.24) is 0 Å². The average Bonchev–Trinajstić information content (AvgIpc) is 2.84. The zero-order valence-corrected chi connectivity index (χ0v) is 13.2. The van der Waals surface area contributed by atoms with Crippen LogP contribution in [0.3, 0.4) is 0 Å². The molecule has 116 valence electrons. The molecule has 21 heavy (non-hydrogen) atoms. The average molecular weight is 331 g/mol. The van der Waals surface area contributed by atoms with Gasteiger partial charge in [0.15, 0.2) is 9.84 Å². The Morgan fingerprint density at radius 1 is 1.33 bits per heavy atom. The van der Waals surface area contributed by atoms with E-state index in [9.17, 15) is 13.2 Å². The number of nitrogens with two attached hydrogens (primary N) is 1.